The molecule has 110 valence electrons. The van der Waals surface area contributed by atoms with Crippen LogP contribution < -0.4 is 4.74 Å². The van der Waals surface area contributed by atoms with Gasteiger partial charge in [-0.05, 0) is 42.3 Å². The number of rotatable bonds is 5. The lowest BCUT2D eigenvalue weighted by Gasteiger charge is -2.09. The summed E-state index contributed by atoms with van der Waals surface area (Å²) >= 11 is 0. The van der Waals surface area contributed by atoms with Gasteiger partial charge in [0, 0.05) is 0 Å². The number of esters is 1. The molecule has 4 heteroatoms. The van der Waals surface area contributed by atoms with Crippen molar-refractivity contribution in [3.63, 3.8) is 0 Å². The monoisotopic (exact) mass is 286 g/mol. The molecule has 0 saturated heterocycles. The van der Waals surface area contributed by atoms with E-state index in [9.17, 15) is 9.90 Å². The topological polar surface area (TPSA) is 55.8 Å². The van der Waals surface area contributed by atoms with Crippen LogP contribution in [0.1, 0.15) is 34.5 Å². The predicted octanol–water partition coefficient (Wildman–Crippen LogP) is 3.11. The fraction of sp³-hybridized carbons (Fsp3) is 0.235. The van der Waals surface area contributed by atoms with Crippen LogP contribution >= 0.6 is 0 Å². The van der Waals surface area contributed by atoms with Gasteiger partial charge in [0.1, 0.15) is 12.4 Å². The lowest BCUT2D eigenvalue weighted by molar-refractivity contribution is 0.0600. The molecule has 0 aliphatic carbocycles. The molecule has 1 atom stereocenters. The van der Waals surface area contributed by atoms with Crippen LogP contribution in [0.4, 0.5) is 0 Å². The lowest BCUT2D eigenvalue weighted by Crippen LogP contribution is -2.02. The average molecular weight is 286 g/mol. The van der Waals surface area contributed by atoms with Crippen LogP contribution in [0, 0.1) is 0 Å². The second kappa shape index (κ2) is 6.90. The Bertz CT molecular complexity index is 585. The first-order valence-corrected chi connectivity index (χ1v) is 6.68. The molecule has 21 heavy (non-hydrogen) atoms. The third-order valence-electron chi connectivity index (χ3n) is 3.14. The van der Waals surface area contributed by atoms with Crippen LogP contribution in [0.5, 0.6) is 5.75 Å². The normalized spacial score (nSPS) is 11.8. The predicted molar refractivity (Wildman–Crippen MR) is 79.2 cm³/mol. The summed E-state index contributed by atoms with van der Waals surface area (Å²) < 4.78 is 10.3. The second-order valence-corrected chi connectivity index (χ2v) is 4.72. The molecular formula is C17H18O4. The molecule has 2 aromatic carbocycles. The van der Waals surface area contributed by atoms with Crippen LogP contribution in [0.15, 0.2) is 48.5 Å². The first-order valence-electron chi connectivity index (χ1n) is 6.68. The van der Waals surface area contributed by atoms with Gasteiger partial charge >= 0.3 is 5.97 Å². The Hall–Kier alpha value is -2.33. The Balaban J connectivity index is 1.95. The zero-order valence-electron chi connectivity index (χ0n) is 12.1. The van der Waals surface area contributed by atoms with Gasteiger partial charge in [-0.3, -0.25) is 0 Å². The van der Waals surface area contributed by atoms with E-state index in [0.717, 1.165) is 16.9 Å². The fourth-order valence-corrected chi connectivity index (χ4v) is 1.86. The van der Waals surface area contributed by atoms with Crippen LogP contribution in [0.2, 0.25) is 0 Å². The van der Waals surface area contributed by atoms with Gasteiger partial charge in [0.25, 0.3) is 0 Å². The standard InChI is InChI=1S/C17H18O4/c1-12(18)14-7-9-16(10-8-14)21-11-13-3-5-15(6-4-13)17(19)20-2/h3-10,12,18H,11H2,1-2H3/t12-/m1/s1. The van der Waals surface area contributed by atoms with E-state index in [2.05, 4.69) is 4.74 Å². The quantitative estimate of drug-likeness (QED) is 0.858. The third-order valence-corrected chi connectivity index (χ3v) is 3.14. The Labute approximate surface area is 123 Å². The zero-order valence-corrected chi connectivity index (χ0v) is 12.1. The van der Waals surface area contributed by atoms with Gasteiger partial charge in [-0.25, -0.2) is 4.79 Å². The molecule has 2 aromatic rings. The molecule has 0 radical (unpaired) electrons. The highest BCUT2D eigenvalue weighted by Gasteiger charge is 2.05. The Morgan fingerprint density at radius 3 is 2.24 bits per heavy atom. The van der Waals surface area contributed by atoms with Gasteiger partial charge in [0.2, 0.25) is 0 Å². The molecule has 0 heterocycles. The van der Waals surface area contributed by atoms with Crippen molar-refractivity contribution in [3.05, 3.63) is 65.2 Å². The highest BCUT2D eigenvalue weighted by molar-refractivity contribution is 5.89. The van der Waals surface area contributed by atoms with Crippen molar-refractivity contribution >= 4 is 5.97 Å². The van der Waals surface area contributed by atoms with E-state index < -0.39 is 6.10 Å². The third kappa shape index (κ3) is 4.07. The van der Waals surface area contributed by atoms with Gasteiger partial charge in [-0.2, -0.15) is 0 Å². The summed E-state index contributed by atoms with van der Waals surface area (Å²) in [4.78, 5) is 11.3. The zero-order chi connectivity index (χ0) is 15.2. The van der Waals surface area contributed by atoms with E-state index in [1.807, 2.05) is 36.4 Å². The van der Waals surface area contributed by atoms with E-state index in [0.29, 0.717) is 12.2 Å². The highest BCUT2D eigenvalue weighted by Crippen LogP contribution is 2.18. The van der Waals surface area contributed by atoms with Gasteiger partial charge in [0.05, 0.1) is 18.8 Å². The summed E-state index contributed by atoms with van der Waals surface area (Å²) in [5.41, 5.74) is 2.33. The van der Waals surface area contributed by atoms with E-state index >= 15 is 0 Å². The summed E-state index contributed by atoms with van der Waals surface area (Å²) in [5, 5.41) is 9.44. The Morgan fingerprint density at radius 1 is 1.10 bits per heavy atom. The first kappa shape index (κ1) is 15.1. The smallest absolute Gasteiger partial charge is 0.337 e. The van der Waals surface area contributed by atoms with Crippen molar-refractivity contribution in [2.75, 3.05) is 7.11 Å². The van der Waals surface area contributed by atoms with Crippen LogP contribution in [-0.4, -0.2) is 18.2 Å². The largest absolute Gasteiger partial charge is 0.489 e. The van der Waals surface area contributed by atoms with Gasteiger partial charge in [-0.1, -0.05) is 24.3 Å². The van der Waals surface area contributed by atoms with Gasteiger partial charge in [0.15, 0.2) is 0 Å². The highest BCUT2D eigenvalue weighted by atomic mass is 16.5. The number of carbonyl (C=O) groups is 1. The van der Waals surface area contributed by atoms with Crippen molar-refractivity contribution in [3.8, 4) is 5.75 Å². The number of aliphatic hydroxyl groups excluding tert-OH is 1. The SMILES string of the molecule is COC(=O)c1ccc(COc2ccc([C@@H](C)O)cc2)cc1. The molecule has 1 N–H and O–H groups in total. The maximum Gasteiger partial charge on any atom is 0.337 e. The minimum Gasteiger partial charge on any atom is -0.489 e. The van der Waals surface area contributed by atoms with Crippen molar-refractivity contribution in [2.24, 2.45) is 0 Å². The molecular weight excluding hydrogens is 268 g/mol. The maximum absolute atomic E-state index is 11.3. The van der Waals surface area contributed by atoms with Gasteiger partial charge in [-0.15, -0.1) is 0 Å². The fourth-order valence-electron chi connectivity index (χ4n) is 1.86. The number of benzene rings is 2. The van der Waals surface area contributed by atoms with E-state index in [-0.39, 0.29) is 5.97 Å². The van der Waals surface area contributed by atoms with Crippen molar-refractivity contribution in [1.29, 1.82) is 0 Å². The molecule has 0 fully saturated rings. The van der Waals surface area contributed by atoms with E-state index in [4.69, 9.17) is 4.74 Å². The number of hydrogen-bond acceptors (Lipinski definition) is 4. The van der Waals surface area contributed by atoms with Crippen molar-refractivity contribution in [2.45, 2.75) is 19.6 Å². The van der Waals surface area contributed by atoms with Crippen molar-refractivity contribution < 1.29 is 19.4 Å². The lowest BCUT2D eigenvalue weighted by atomic mass is 10.1. The minimum absolute atomic E-state index is 0.351. The van der Waals surface area contributed by atoms with E-state index in [1.165, 1.54) is 7.11 Å². The maximum atomic E-state index is 11.3. The molecule has 0 saturated carbocycles. The number of hydrogen-bond donors (Lipinski definition) is 1. The second-order valence-electron chi connectivity index (χ2n) is 4.72. The first-order chi connectivity index (χ1) is 10.1. The summed E-state index contributed by atoms with van der Waals surface area (Å²) in [5.74, 6) is 0.382. The molecule has 2 rings (SSSR count). The molecule has 0 bridgehead atoms. The number of aliphatic hydroxyl groups is 1. The van der Waals surface area contributed by atoms with Crippen LogP contribution in [0.25, 0.3) is 0 Å². The molecule has 0 aliphatic heterocycles. The Morgan fingerprint density at radius 2 is 1.71 bits per heavy atom. The number of carbonyl (C=O) groups excluding carboxylic acids is 1. The van der Waals surface area contributed by atoms with Crippen molar-refractivity contribution in [1.82, 2.24) is 0 Å². The summed E-state index contributed by atoms with van der Waals surface area (Å²) in [6.07, 6.45) is -0.482. The molecule has 4 nitrogen and oxygen atoms in total. The number of ether oxygens (including phenoxy) is 2. The summed E-state index contributed by atoms with van der Waals surface area (Å²) in [6.45, 7) is 2.13. The average Bonchev–Trinajstić information content (AvgIpc) is 2.53. The van der Waals surface area contributed by atoms with Crippen LogP contribution in [0.3, 0.4) is 0 Å². The minimum atomic E-state index is -0.482. The Kier molecular flexibility index (Phi) is 4.95. The molecule has 0 aromatic heterocycles. The summed E-state index contributed by atoms with van der Waals surface area (Å²) in [7, 11) is 1.36. The molecule has 0 amide bonds. The molecule has 0 spiro atoms. The molecule has 0 unspecified atom stereocenters. The van der Waals surface area contributed by atoms with E-state index in [1.54, 1.807) is 19.1 Å². The van der Waals surface area contributed by atoms with Crippen LogP contribution in [-0.2, 0) is 11.3 Å². The molecule has 0 aliphatic rings. The van der Waals surface area contributed by atoms with Gasteiger partial charge < -0.3 is 14.6 Å². The summed E-state index contributed by atoms with van der Waals surface area (Å²) in [6, 6.07) is 14.4. The number of methoxy groups -OCH3 is 1.